The molecule has 0 aliphatic heterocycles. The number of urea groups is 1. The summed E-state index contributed by atoms with van der Waals surface area (Å²) in [4.78, 5) is 13.6. The molecule has 1 heterocycles. The average molecular weight is 337 g/mol. The van der Waals surface area contributed by atoms with Gasteiger partial charge in [-0.05, 0) is 36.4 Å². The molecule has 0 saturated carbocycles. The van der Waals surface area contributed by atoms with Crippen molar-refractivity contribution in [3.63, 3.8) is 0 Å². The molecule has 1 aromatic carbocycles. The number of carbonyl (C=O) groups excluding carboxylic acids is 1. The molecule has 0 atom stereocenters. The topological polar surface area (TPSA) is 69.3 Å². The van der Waals surface area contributed by atoms with Gasteiger partial charge in [-0.3, -0.25) is 0 Å². The van der Waals surface area contributed by atoms with Gasteiger partial charge in [-0.1, -0.05) is 0 Å². The van der Waals surface area contributed by atoms with E-state index in [4.69, 9.17) is 9.68 Å². The smallest absolute Gasteiger partial charge is 0.416 e. The maximum atomic E-state index is 12.5. The van der Waals surface area contributed by atoms with Crippen LogP contribution in [0, 0.1) is 11.3 Å². The molecule has 0 aliphatic rings. The van der Waals surface area contributed by atoms with E-state index < -0.39 is 17.8 Å². The predicted octanol–water partition coefficient (Wildman–Crippen LogP) is 4.25. The van der Waals surface area contributed by atoms with E-state index >= 15 is 0 Å². The number of nitrogens with one attached hydrogen (secondary N) is 1. The van der Waals surface area contributed by atoms with E-state index in [1.165, 1.54) is 23.3 Å². The molecule has 1 aromatic heterocycles. The SMILES string of the molecule is N#CCCN(Cc1ccco1)C(=O)Nc1ccc(C(F)(F)F)cc1. The Balaban J connectivity index is 2.05. The summed E-state index contributed by atoms with van der Waals surface area (Å²) in [6, 6.07) is 8.91. The van der Waals surface area contributed by atoms with Gasteiger partial charge in [0, 0.05) is 12.2 Å². The second-order valence-electron chi connectivity index (χ2n) is 4.91. The van der Waals surface area contributed by atoms with Gasteiger partial charge in [0.15, 0.2) is 0 Å². The highest BCUT2D eigenvalue weighted by atomic mass is 19.4. The Morgan fingerprint density at radius 1 is 1.25 bits per heavy atom. The van der Waals surface area contributed by atoms with Gasteiger partial charge in [0.05, 0.1) is 30.9 Å². The molecule has 126 valence electrons. The van der Waals surface area contributed by atoms with Gasteiger partial charge in [-0.25, -0.2) is 4.79 Å². The second-order valence-corrected chi connectivity index (χ2v) is 4.91. The molecule has 8 heteroatoms. The third-order valence-electron chi connectivity index (χ3n) is 3.17. The lowest BCUT2D eigenvalue weighted by molar-refractivity contribution is -0.137. The van der Waals surface area contributed by atoms with E-state index in [1.54, 1.807) is 12.1 Å². The van der Waals surface area contributed by atoms with Gasteiger partial charge in [0.2, 0.25) is 0 Å². The summed E-state index contributed by atoms with van der Waals surface area (Å²) >= 11 is 0. The maximum absolute atomic E-state index is 12.5. The second kappa shape index (κ2) is 7.55. The van der Waals surface area contributed by atoms with E-state index in [0.29, 0.717) is 5.76 Å². The minimum absolute atomic E-state index is 0.126. The Morgan fingerprint density at radius 3 is 2.50 bits per heavy atom. The fourth-order valence-corrected chi connectivity index (χ4v) is 1.97. The number of nitriles is 1. The first kappa shape index (κ1) is 17.4. The van der Waals surface area contributed by atoms with Crippen molar-refractivity contribution in [2.24, 2.45) is 0 Å². The third kappa shape index (κ3) is 4.78. The first-order chi connectivity index (χ1) is 11.4. The molecule has 0 spiro atoms. The van der Waals surface area contributed by atoms with Crippen LogP contribution in [-0.2, 0) is 12.7 Å². The van der Waals surface area contributed by atoms with Gasteiger partial charge in [0.1, 0.15) is 5.76 Å². The lowest BCUT2D eigenvalue weighted by atomic mass is 10.2. The number of furan rings is 1. The zero-order chi connectivity index (χ0) is 17.6. The van der Waals surface area contributed by atoms with Crippen molar-refractivity contribution in [3.05, 3.63) is 54.0 Å². The minimum atomic E-state index is -4.43. The number of benzene rings is 1. The van der Waals surface area contributed by atoms with E-state index in [2.05, 4.69) is 5.32 Å². The average Bonchev–Trinajstić information content (AvgIpc) is 3.04. The molecular formula is C16H14F3N3O2. The number of halogens is 3. The first-order valence-electron chi connectivity index (χ1n) is 7.02. The van der Waals surface area contributed by atoms with Crippen LogP contribution >= 0.6 is 0 Å². The molecule has 0 radical (unpaired) electrons. The largest absolute Gasteiger partial charge is 0.467 e. The predicted molar refractivity (Wildman–Crippen MR) is 79.8 cm³/mol. The molecule has 2 amide bonds. The van der Waals surface area contributed by atoms with Crippen molar-refractivity contribution in [2.45, 2.75) is 19.1 Å². The zero-order valence-electron chi connectivity index (χ0n) is 12.5. The van der Waals surface area contributed by atoms with Crippen LogP contribution in [0.3, 0.4) is 0 Å². The molecule has 0 saturated heterocycles. The van der Waals surface area contributed by atoms with Crippen molar-refractivity contribution in [1.29, 1.82) is 5.26 Å². The lowest BCUT2D eigenvalue weighted by Crippen LogP contribution is -2.35. The lowest BCUT2D eigenvalue weighted by Gasteiger charge is -2.21. The molecule has 0 bridgehead atoms. The van der Waals surface area contributed by atoms with Crippen LogP contribution in [-0.4, -0.2) is 17.5 Å². The Labute approximate surface area is 136 Å². The standard InChI is InChI=1S/C16H14F3N3O2/c17-16(18,19)12-4-6-13(7-5-12)21-15(23)22(9-2-8-20)11-14-3-1-10-24-14/h1,3-7,10H,2,9,11H2,(H,21,23). The molecule has 0 unspecified atom stereocenters. The summed E-state index contributed by atoms with van der Waals surface area (Å²) in [7, 11) is 0. The highest BCUT2D eigenvalue weighted by Gasteiger charge is 2.30. The van der Waals surface area contributed by atoms with E-state index in [9.17, 15) is 18.0 Å². The monoisotopic (exact) mass is 337 g/mol. The number of rotatable bonds is 5. The molecule has 2 aromatic rings. The van der Waals surface area contributed by atoms with Crippen LogP contribution in [0.4, 0.5) is 23.7 Å². The Morgan fingerprint density at radius 2 is 1.96 bits per heavy atom. The molecule has 2 rings (SSSR count). The van der Waals surface area contributed by atoms with Crippen molar-refractivity contribution in [3.8, 4) is 6.07 Å². The quantitative estimate of drug-likeness (QED) is 0.887. The van der Waals surface area contributed by atoms with Crippen LogP contribution in [0.15, 0.2) is 47.1 Å². The number of hydrogen-bond acceptors (Lipinski definition) is 3. The van der Waals surface area contributed by atoms with Crippen LogP contribution in [0.5, 0.6) is 0 Å². The Kier molecular flexibility index (Phi) is 5.47. The van der Waals surface area contributed by atoms with Crippen molar-refractivity contribution in [2.75, 3.05) is 11.9 Å². The molecule has 0 fully saturated rings. The van der Waals surface area contributed by atoms with Crippen LogP contribution < -0.4 is 5.32 Å². The number of alkyl halides is 3. The van der Waals surface area contributed by atoms with Gasteiger partial charge in [-0.2, -0.15) is 18.4 Å². The fourth-order valence-electron chi connectivity index (χ4n) is 1.97. The maximum Gasteiger partial charge on any atom is 0.416 e. The van der Waals surface area contributed by atoms with Crippen LogP contribution in [0.2, 0.25) is 0 Å². The van der Waals surface area contributed by atoms with E-state index in [-0.39, 0.29) is 25.2 Å². The third-order valence-corrected chi connectivity index (χ3v) is 3.17. The number of carbonyl (C=O) groups is 1. The normalized spacial score (nSPS) is 10.9. The molecule has 0 aliphatic carbocycles. The molecule has 1 N–H and O–H groups in total. The van der Waals surface area contributed by atoms with E-state index in [0.717, 1.165) is 12.1 Å². The van der Waals surface area contributed by atoms with Gasteiger partial charge >= 0.3 is 12.2 Å². The summed E-state index contributed by atoms with van der Waals surface area (Å²) in [5, 5.41) is 11.2. The molecule has 5 nitrogen and oxygen atoms in total. The Hall–Kier alpha value is -2.95. The summed E-state index contributed by atoms with van der Waals surface area (Å²) < 4.78 is 42.7. The first-order valence-corrected chi connectivity index (χ1v) is 7.02. The minimum Gasteiger partial charge on any atom is -0.467 e. The Bertz CT molecular complexity index is 704. The van der Waals surface area contributed by atoms with Crippen molar-refractivity contribution >= 4 is 11.7 Å². The number of amides is 2. The zero-order valence-corrected chi connectivity index (χ0v) is 12.5. The summed E-state index contributed by atoms with van der Waals surface area (Å²) in [6.45, 7) is 0.324. The van der Waals surface area contributed by atoms with Crippen molar-refractivity contribution in [1.82, 2.24) is 4.90 Å². The number of hydrogen-bond donors (Lipinski definition) is 1. The highest BCUT2D eigenvalue weighted by molar-refractivity contribution is 5.89. The van der Waals surface area contributed by atoms with Crippen LogP contribution in [0.1, 0.15) is 17.7 Å². The number of nitrogens with zero attached hydrogens (tertiary/aromatic N) is 2. The van der Waals surface area contributed by atoms with E-state index in [1.807, 2.05) is 6.07 Å². The van der Waals surface area contributed by atoms with Gasteiger partial charge in [0.25, 0.3) is 0 Å². The number of anilines is 1. The highest BCUT2D eigenvalue weighted by Crippen LogP contribution is 2.29. The van der Waals surface area contributed by atoms with Crippen molar-refractivity contribution < 1.29 is 22.4 Å². The van der Waals surface area contributed by atoms with Gasteiger partial charge in [-0.15, -0.1) is 0 Å². The summed E-state index contributed by atoms with van der Waals surface area (Å²) in [5.74, 6) is 0.538. The summed E-state index contributed by atoms with van der Waals surface area (Å²) in [6.07, 6.45) is -2.84. The molecular weight excluding hydrogens is 323 g/mol. The van der Waals surface area contributed by atoms with Gasteiger partial charge < -0.3 is 14.6 Å². The summed E-state index contributed by atoms with van der Waals surface area (Å²) in [5.41, 5.74) is -0.563. The fraction of sp³-hybridized carbons (Fsp3) is 0.250. The molecule has 24 heavy (non-hydrogen) atoms. The van der Waals surface area contributed by atoms with Crippen LogP contribution in [0.25, 0.3) is 0 Å².